The Morgan fingerprint density at radius 2 is 1.85 bits per heavy atom. The summed E-state index contributed by atoms with van der Waals surface area (Å²) in [5, 5.41) is 0. The van der Waals surface area contributed by atoms with E-state index in [1.165, 1.54) is 11.1 Å². The molecule has 2 fully saturated rings. The number of rotatable bonds is 5. The minimum Gasteiger partial charge on any atom is -0.366 e. The average Bonchev–Trinajstić information content (AvgIpc) is 2.91. The Hall–Kier alpha value is -2.24. The molecule has 1 amide bonds. The van der Waals surface area contributed by atoms with Crippen molar-refractivity contribution in [2.75, 3.05) is 26.2 Å². The lowest BCUT2D eigenvalue weighted by molar-refractivity contribution is -0.157. The third-order valence-electron chi connectivity index (χ3n) is 5.65. The van der Waals surface area contributed by atoms with E-state index in [1.54, 1.807) is 6.20 Å². The van der Waals surface area contributed by atoms with Crippen molar-refractivity contribution in [3.05, 3.63) is 66.0 Å². The molecule has 2 aliphatic heterocycles. The van der Waals surface area contributed by atoms with Gasteiger partial charge in [-0.3, -0.25) is 14.7 Å². The normalized spacial score (nSPS) is 23.7. The van der Waals surface area contributed by atoms with Gasteiger partial charge >= 0.3 is 0 Å². The van der Waals surface area contributed by atoms with Gasteiger partial charge < -0.3 is 9.64 Å². The molecular weight excluding hydrogens is 338 g/mol. The number of nitrogens with zero attached hydrogens (tertiary/aromatic N) is 3. The van der Waals surface area contributed by atoms with Gasteiger partial charge in [0.2, 0.25) is 5.91 Å². The Morgan fingerprint density at radius 3 is 2.67 bits per heavy atom. The van der Waals surface area contributed by atoms with Crippen molar-refractivity contribution in [2.45, 2.75) is 38.0 Å². The van der Waals surface area contributed by atoms with E-state index in [0.29, 0.717) is 0 Å². The van der Waals surface area contributed by atoms with Gasteiger partial charge in [-0.2, -0.15) is 0 Å². The minimum atomic E-state index is 0.122. The van der Waals surface area contributed by atoms with Crippen molar-refractivity contribution < 1.29 is 9.53 Å². The quantitative estimate of drug-likeness (QED) is 0.817. The fraction of sp³-hybridized carbons (Fsp3) is 0.455. The topological polar surface area (TPSA) is 45.7 Å². The highest BCUT2D eigenvalue weighted by Crippen LogP contribution is 2.25. The van der Waals surface area contributed by atoms with Crippen molar-refractivity contribution in [1.29, 1.82) is 0 Å². The lowest BCUT2D eigenvalue weighted by Crippen LogP contribution is -2.54. The van der Waals surface area contributed by atoms with Crippen LogP contribution in [0.1, 0.15) is 24.0 Å². The van der Waals surface area contributed by atoms with Crippen LogP contribution in [0.2, 0.25) is 0 Å². The van der Waals surface area contributed by atoms with Crippen LogP contribution in [-0.4, -0.2) is 59.1 Å². The summed E-state index contributed by atoms with van der Waals surface area (Å²) in [5.74, 6) is 0.122. The zero-order chi connectivity index (χ0) is 18.5. The van der Waals surface area contributed by atoms with Crippen LogP contribution in [0.3, 0.4) is 0 Å². The highest BCUT2D eigenvalue weighted by Gasteiger charge is 2.38. The van der Waals surface area contributed by atoms with Gasteiger partial charge in [-0.25, -0.2) is 0 Å². The number of amides is 1. The fourth-order valence-corrected chi connectivity index (χ4v) is 4.20. The van der Waals surface area contributed by atoms with Gasteiger partial charge in [0.1, 0.15) is 6.61 Å². The van der Waals surface area contributed by atoms with Gasteiger partial charge in [0.15, 0.2) is 0 Å². The second-order valence-corrected chi connectivity index (χ2v) is 7.45. The molecule has 1 aromatic heterocycles. The van der Waals surface area contributed by atoms with E-state index in [2.05, 4.69) is 51.2 Å². The molecule has 0 unspecified atom stereocenters. The molecule has 0 bridgehead atoms. The molecule has 2 atom stereocenters. The molecule has 1 aromatic carbocycles. The van der Waals surface area contributed by atoms with E-state index in [4.69, 9.17) is 4.74 Å². The molecule has 2 aliphatic rings. The molecule has 5 heteroatoms. The molecule has 0 saturated carbocycles. The summed E-state index contributed by atoms with van der Waals surface area (Å²) in [7, 11) is 0. The smallest absolute Gasteiger partial charge is 0.248 e. The Balaban J connectivity index is 1.39. The van der Waals surface area contributed by atoms with Gasteiger partial charge in [-0.1, -0.05) is 36.4 Å². The van der Waals surface area contributed by atoms with Crippen LogP contribution in [0.15, 0.2) is 54.9 Å². The Morgan fingerprint density at radius 1 is 1.04 bits per heavy atom. The summed E-state index contributed by atoms with van der Waals surface area (Å²) in [6.07, 6.45) is 6.61. The van der Waals surface area contributed by atoms with Crippen LogP contribution in [0.25, 0.3) is 0 Å². The first kappa shape index (κ1) is 18.1. The van der Waals surface area contributed by atoms with Crippen molar-refractivity contribution in [2.24, 2.45) is 0 Å². The lowest BCUT2D eigenvalue weighted by Gasteiger charge is -2.40. The first-order valence-corrected chi connectivity index (χ1v) is 9.86. The van der Waals surface area contributed by atoms with Crippen LogP contribution in [-0.2, 0) is 22.5 Å². The third-order valence-corrected chi connectivity index (χ3v) is 5.65. The SMILES string of the molecule is O=C1CO[C@H]2CCN(Cc3ccccc3)CC[C@@H]2N1CCc1cccnc1. The van der Waals surface area contributed by atoms with Crippen LogP contribution in [0.5, 0.6) is 0 Å². The molecule has 2 saturated heterocycles. The van der Waals surface area contributed by atoms with Crippen LogP contribution in [0.4, 0.5) is 0 Å². The van der Waals surface area contributed by atoms with Gasteiger partial charge in [-0.05, 0) is 36.5 Å². The summed E-state index contributed by atoms with van der Waals surface area (Å²) in [4.78, 5) is 21.3. The number of morpholine rings is 1. The lowest BCUT2D eigenvalue weighted by atomic mass is 10.0. The van der Waals surface area contributed by atoms with E-state index >= 15 is 0 Å². The second-order valence-electron chi connectivity index (χ2n) is 7.45. The second kappa shape index (κ2) is 8.63. The zero-order valence-corrected chi connectivity index (χ0v) is 15.7. The third kappa shape index (κ3) is 4.54. The van der Waals surface area contributed by atoms with Gasteiger partial charge in [0, 0.05) is 38.6 Å². The molecule has 0 spiro atoms. The van der Waals surface area contributed by atoms with E-state index in [-0.39, 0.29) is 24.7 Å². The number of ether oxygens (including phenoxy) is 1. The molecule has 27 heavy (non-hydrogen) atoms. The number of carbonyl (C=O) groups excluding carboxylic acids is 1. The van der Waals surface area contributed by atoms with E-state index in [1.807, 2.05) is 12.3 Å². The number of aromatic nitrogens is 1. The fourth-order valence-electron chi connectivity index (χ4n) is 4.20. The zero-order valence-electron chi connectivity index (χ0n) is 15.7. The number of carbonyl (C=O) groups is 1. The van der Waals surface area contributed by atoms with Gasteiger partial charge in [0.05, 0.1) is 12.1 Å². The van der Waals surface area contributed by atoms with Crippen LogP contribution < -0.4 is 0 Å². The Bertz CT molecular complexity index is 738. The van der Waals surface area contributed by atoms with Crippen molar-refractivity contribution in [1.82, 2.24) is 14.8 Å². The minimum absolute atomic E-state index is 0.122. The molecule has 0 aliphatic carbocycles. The summed E-state index contributed by atoms with van der Waals surface area (Å²) in [6.45, 7) is 3.93. The predicted molar refractivity (Wildman–Crippen MR) is 104 cm³/mol. The number of benzene rings is 1. The Kier molecular flexibility index (Phi) is 5.80. The maximum atomic E-state index is 12.5. The standard InChI is InChI=1S/C22H27N3O2/c26-22-17-27-21-10-13-24(16-19-5-2-1-3-6-19)12-9-20(21)25(22)14-8-18-7-4-11-23-15-18/h1-7,11,15,20-21H,8-10,12-14,16-17H2/t20-,21-/m0/s1. The predicted octanol–water partition coefficient (Wildman–Crippen LogP) is 2.52. The summed E-state index contributed by atoms with van der Waals surface area (Å²) in [5.41, 5.74) is 2.51. The first-order valence-electron chi connectivity index (χ1n) is 9.86. The summed E-state index contributed by atoms with van der Waals surface area (Å²) in [6, 6.07) is 14.8. The molecule has 0 N–H and O–H groups in total. The number of likely N-dealkylation sites (tertiary alicyclic amines) is 1. The maximum Gasteiger partial charge on any atom is 0.248 e. The maximum absolute atomic E-state index is 12.5. The molecule has 5 nitrogen and oxygen atoms in total. The van der Waals surface area contributed by atoms with Gasteiger partial charge in [-0.15, -0.1) is 0 Å². The summed E-state index contributed by atoms with van der Waals surface area (Å²) >= 11 is 0. The molecule has 3 heterocycles. The number of hydrogen-bond donors (Lipinski definition) is 0. The number of hydrogen-bond acceptors (Lipinski definition) is 4. The number of pyridine rings is 1. The molecule has 0 radical (unpaired) electrons. The first-order chi connectivity index (χ1) is 13.3. The van der Waals surface area contributed by atoms with Crippen LogP contribution in [0, 0.1) is 0 Å². The van der Waals surface area contributed by atoms with Crippen molar-refractivity contribution >= 4 is 5.91 Å². The molecule has 4 rings (SSSR count). The Labute approximate surface area is 161 Å². The average molecular weight is 365 g/mol. The van der Waals surface area contributed by atoms with E-state index in [9.17, 15) is 4.79 Å². The largest absolute Gasteiger partial charge is 0.366 e. The van der Waals surface area contributed by atoms with Gasteiger partial charge in [0.25, 0.3) is 0 Å². The number of fused-ring (bicyclic) bond motifs is 1. The molecular formula is C22H27N3O2. The molecule has 142 valence electrons. The highest BCUT2D eigenvalue weighted by molar-refractivity contribution is 5.78. The van der Waals surface area contributed by atoms with E-state index < -0.39 is 0 Å². The van der Waals surface area contributed by atoms with Crippen molar-refractivity contribution in [3.63, 3.8) is 0 Å². The molecule has 2 aromatic rings. The monoisotopic (exact) mass is 365 g/mol. The van der Waals surface area contributed by atoms with E-state index in [0.717, 1.165) is 45.4 Å². The van der Waals surface area contributed by atoms with Crippen LogP contribution >= 0.6 is 0 Å². The highest BCUT2D eigenvalue weighted by atomic mass is 16.5. The summed E-state index contributed by atoms with van der Waals surface area (Å²) < 4.78 is 5.92. The van der Waals surface area contributed by atoms with Crippen molar-refractivity contribution in [3.8, 4) is 0 Å².